The van der Waals surface area contributed by atoms with Crippen LogP contribution >= 0.6 is 0 Å². The summed E-state index contributed by atoms with van der Waals surface area (Å²) in [4.78, 5) is 7.56. The van der Waals surface area contributed by atoms with E-state index in [1.165, 1.54) is 25.7 Å². The van der Waals surface area contributed by atoms with Crippen molar-refractivity contribution in [3.05, 3.63) is 18.0 Å². The Labute approximate surface area is 63.4 Å². The number of aromatic nitrogens is 2. The molecular weight excluding hydrogens is 146 g/mol. The van der Waals surface area contributed by atoms with Gasteiger partial charge in [-0.15, -0.1) is 0 Å². The van der Waals surface area contributed by atoms with Gasteiger partial charge in [0.05, 0.1) is 13.3 Å². The highest BCUT2D eigenvalue weighted by Crippen LogP contribution is 1.98. The van der Waals surface area contributed by atoms with Crippen LogP contribution in [0.3, 0.4) is 0 Å². The number of rotatable bonds is 2. The summed E-state index contributed by atoms with van der Waals surface area (Å²) in [5.41, 5.74) is 0.619. The quantitative estimate of drug-likeness (QED) is 0.376. The molecule has 0 bridgehead atoms. The van der Waals surface area contributed by atoms with E-state index in [1.54, 1.807) is 0 Å². The molecule has 1 aromatic rings. The summed E-state index contributed by atoms with van der Waals surface area (Å²) in [5, 5.41) is 10.9. The van der Waals surface area contributed by atoms with Crippen LogP contribution in [0.25, 0.3) is 0 Å². The highest BCUT2D eigenvalue weighted by Gasteiger charge is 1.92. The topological polar surface area (TPSA) is 67.6 Å². The molecule has 0 aliphatic rings. The minimum atomic E-state index is 0.292. The molecule has 1 aromatic heterocycles. The summed E-state index contributed by atoms with van der Waals surface area (Å²) < 4.78 is 4.72. The number of ether oxygens (including phenoxy) is 1. The summed E-state index contributed by atoms with van der Waals surface area (Å²) in [5.74, 6) is 0. The van der Waals surface area contributed by atoms with Gasteiger partial charge in [-0.3, -0.25) is 0 Å². The number of hydrogen-bond acceptors (Lipinski definition) is 5. The van der Waals surface area contributed by atoms with E-state index < -0.39 is 0 Å². The van der Waals surface area contributed by atoms with Crippen molar-refractivity contribution < 1.29 is 9.94 Å². The van der Waals surface area contributed by atoms with Gasteiger partial charge in [-0.1, -0.05) is 5.16 Å². The predicted octanol–water partition coefficient (Wildman–Crippen LogP) is 0.293. The molecule has 0 amide bonds. The molecule has 1 rings (SSSR count). The van der Waals surface area contributed by atoms with Gasteiger partial charge in [-0.05, 0) is 0 Å². The van der Waals surface area contributed by atoms with Crippen molar-refractivity contribution in [3.8, 4) is 6.01 Å². The second-order valence-electron chi connectivity index (χ2n) is 1.75. The average Bonchev–Trinajstić information content (AvgIpc) is 2.07. The van der Waals surface area contributed by atoms with Crippen LogP contribution in [0.4, 0.5) is 0 Å². The number of nitrogens with zero attached hydrogens (tertiary/aromatic N) is 3. The minimum Gasteiger partial charge on any atom is -0.467 e. The third kappa shape index (κ3) is 1.89. The van der Waals surface area contributed by atoms with Gasteiger partial charge in [0.15, 0.2) is 0 Å². The average molecular weight is 153 g/mol. The lowest BCUT2D eigenvalue weighted by atomic mass is 10.4. The number of methoxy groups -OCH3 is 1. The van der Waals surface area contributed by atoms with Crippen LogP contribution < -0.4 is 4.74 Å². The van der Waals surface area contributed by atoms with E-state index in [2.05, 4.69) is 15.1 Å². The fraction of sp³-hybridized carbons (Fsp3) is 0.167. The van der Waals surface area contributed by atoms with E-state index in [4.69, 9.17) is 9.94 Å². The second-order valence-corrected chi connectivity index (χ2v) is 1.75. The van der Waals surface area contributed by atoms with Crippen LogP contribution in [-0.4, -0.2) is 28.5 Å². The van der Waals surface area contributed by atoms with E-state index in [-0.39, 0.29) is 0 Å². The van der Waals surface area contributed by atoms with Crippen molar-refractivity contribution in [2.75, 3.05) is 7.11 Å². The largest absolute Gasteiger partial charge is 0.467 e. The first kappa shape index (κ1) is 7.46. The molecule has 5 nitrogen and oxygen atoms in total. The van der Waals surface area contributed by atoms with E-state index >= 15 is 0 Å². The molecular formula is C6H7N3O2. The standard InChI is InChI=1S/C6H7N3O2/c1-11-6-7-2-5(3-8-6)4-9-10/h2-4,10H,1H3/b9-4+. The Morgan fingerprint density at radius 2 is 2.18 bits per heavy atom. The van der Waals surface area contributed by atoms with Crippen LogP contribution in [0, 0.1) is 0 Å². The third-order valence-electron chi connectivity index (χ3n) is 1.04. The fourth-order valence-corrected chi connectivity index (χ4v) is 0.565. The molecule has 0 atom stereocenters. The van der Waals surface area contributed by atoms with Crippen molar-refractivity contribution in [1.29, 1.82) is 0 Å². The zero-order valence-corrected chi connectivity index (χ0v) is 5.93. The molecule has 5 heteroatoms. The third-order valence-corrected chi connectivity index (χ3v) is 1.04. The van der Waals surface area contributed by atoms with Gasteiger partial charge in [0.25, 0.3) is 0 Å². The zero-order chi connectivity index (χ0) is 8.10. The van der Waals surface area contributed by atoms with Gasteiger partial charge in [-0.2, -0.15) is 0 Å². The smallest absolute Gasteiger partial charge is 0.316 e. The van der Waals surface area contributed by atoms with Crippen LogP contribution in [0.1, 0.15) is 5.56 Å². The monoisotopic (exact) mass is 153 g/mol. The molecule has 0 radical (unpaired) electrons. The van der Waals surface area contributed by atoms with Crippen LogP contribution in [-0.2, 0) is 0 Å². The molecule has 0 saturated carbocycles. The van der Waals surface area contributed by atoms with Gasteiger partial charge in [0.1, 0.15) is 0 Å². The second kappa shape index (κ2) is 3.50. The van der Waals surface area contributed by atoms with E-state index in [1.807, 2.05) is 0 Å². The van der Waals surface area contributed by atoms with Gasteiger partial charge in [0, 0.05) is 18.0 Å². The Morgan fingerprint density at radius 3 is 2.64 bits per heavy atom. The maximum absolute atomic E-state index is 8.13. The highest BCUT2D eigenvalue weighted by atomic mass is 16.5. The Balaban J connectivity index is 2.82. The zero-order valence-electron chi connectivity index (χ0n) is 5.93. The minimum absolute atomic E-state index is 0.292. The molecule has 1 N–H and O–H groups in total. The van der Waals surface area contributed by atoms with Gasteiger partial charge >= 0.3 is 6.01 Å². The molecule has 0 aromatic carbocycles. The molecule has 58 valence electrons. The van der Waals surface area contributed by atoms with E-state index in [0.29, 0.717) is 11.6 Å². The first-order valence-corrected chi connectivity index (χ1v) is 2.90. The SMILES string of the molecule is COc1ncc(/C=N/O)cn1. The summed E-state index contributed by atoms with van der Waals surface area (Å²) >= 11 is 0. The first-order valence-electron chi connectivity index (χ1n) is 2.90. The molecule has 0 fully saturated rings. The van der Waals surface area contributed by atoms with Gasteiger partial charge < -0.3 is 9.94 Å². The molecule has 0 aliphatic carbocycles. The summed E-state index contributed by atoms with van der Waals surface area (Å²) in [6.45, 7) is 0. The lowest BCUT2D eigenvalue weighted by Gasteiger charge is -1.94. The number of hydrogen-bond donors (Lipinski definition) is 1. The lowest BCUT2D eigenvalue weighted by molar-refractivity contribution is 0.321. The predicted molar refractivity (Wildman–Crippen MR) is 38.0 cm³/mol. The highest BCUT2D eigenvalue weighted by molar-refractivity contribution is 5.77. The summed E-state index contributed by atoms with van der Waals surface area (Å²) in [6, 6.07) is 0.292. The van der Waals surface area contributed by atoms with E-state index in [9.17, 15) is 0 Å². The molecule has 1 heterocycles. The fourth-order valence-electron chi connectivity index (χ4n) is 0.565. The van der Waals surface area contributed by atoms with Crippen molar-refractivity contribution in [2.24, 2.45) is 5.16 Å². The van der Waals surface area contributed by atoms with E-state index in [0.717, 1.165) is 0 Å². The van der Waals surface area contributed by atoms with Crippen molar-refractivity contribution in [1.82, 2.24) is 9.97 Å². The number of oxime groups is 1. The van der Waals surface area contributed by atoms with Crippen molar-refractivity contribution in [3.63, 3.8) is 0 Å². The Morgan fingerprint density at radius 1 is 1.55 bits per heavy atom. The van der Waals surface area contributed by atoms with Crippen LogP contribution in [0.2, 0.25) is 0 Å². The Kier molecular flexibility index (Phi) is 2.37. The van der Waals surface area contributed by atoms with Crippen molar-refractivity contribution >= 4 is 6.21 Å². The maximum Gasteiger partial charge on any atom is 0.316 e. The normalized spacial score (nSPS) is 10.3. The molecule has 0 saturated heterocycles. The summed E-state index contributed by atoms with van der Waals surface area (Å²) in [6.07, 6.45) is 4.22. The molecule has 0 unspecified atom stereocenters. The van der Waals surface area contributed by atoms with Gasteiger partial charge in [-0.25, -0.2) is 9.97 Å². The van der Waals surface area contributed by atoms with Crippen molar-refractivity contribution in [2.45, 2.75) is 0 Å². The summed E-state index contributed by atoms with van der Waals surface area (Å²) in [7, 11) is 1.48. The molecule has 11 heavy (non-hydrogen) atoms. The lowest BCUT2D eigenvalue weighted by Crippen LogP contribution is -1.92. The first-order chi connectivity index (χ1) is 5.36. The maximum atomic E-state index is 8.13. The van der Waals surface area contributed by atoms with Crippen LogP contribution in [0.15, 0.2) is 17.5 Å². The van der Waals surface area contributed by atoms with Crippen LogP contribution in [0.5, 0.6) is 6.01 Å². The molecule has 0 spiro atoms. The Hall–Kier alpha value is -1.65. The Bertz CT molecular complexity index is 245. The molecule has 0 aliphatic heterocycles. The van der Waals surface area contributed by atoms with Gasteiger partial charge in [0.2, 0.25) is 0 Å².